The average Bonchev–Trinajstić information content (AvgIpc) is 2.77. The summed E-state index contributed by atoms with van der Waals surface area (Å²) in [6, 6.07) is 11.0. The highest BCUT2D eigenvalue weighted by Gasteiger charge is 2.37. The predicted molar refractivity (Wildman–Crippen MR) is 117 cm³/mol. The van der Waals surface area contributed by atoms with Crippen molar-refractivity contribution in [1.82, 2.24) is 0 Å². The van der Waals surface area contributed by atoms with Gasteiger partial charge in [-0.1, -0.05) is 0 Å². The molecule has 0 radical (unpaired) electrons. The first-order chi connectivity index (χ1) is 14.4. The summed E-state index contributed by atoms with van der Waals surface area (Å²) in [5.74, 6) is -0.205. The lowest BCUT2D eigenvalue weighted by molar-refractivity contribution is -0.384. The summed E-state index contributed by atoms with van der Waals surface area (Å²) in [6.07, 6.45) is 4.53. The standard InChI is InChI=1S/C21H21NO6S2/c1-29-21(30-2)9-10-27-19-8-5-15(11-17(19)21)18(23)12-20(24)28-13-14-3-6-16(7-4-14)22(25)26/h3-8,11H,9-10,12-13H2,1-2H3. The number of carbonyl (C=O) groups excluding carboxylic acids is 2. The molecule has 30 heavy (non-hydrogen) atoms. The molecule has 0 aliphatic carbocycles. The van der Waals surface area contributed by atoms with Crippen LogP contribution < -0.4 is 4.74 Å². The van der Waals surface area contributed by atoms with Crippen LogP contribution in [0.3, 0.4) is 0 Å². The number of non-ortho nitro benzene ring substituents is 1. The molecule has 2 aromatic carbocycles. The molecule has 0 unspecified atom stereocenters. The quantitative estimate of drug-likeness (QED) is 0.145. The van der Waals surface area contributed by atoms with Crippen LogP contribution in [0.4, 0.5) is 5.69 Å². The third-order valence-electron chi connectivity index (χ3n) is 4.91. The summed E-state index contributed by atoms with van der Waals surface area (Å²) >= 11 is 3.43. The first kappa shape index (κ1) is 22.2. The zero-order valence-corrected chi connectivity index (χ0v) is 18.2. The van der Waals surface area contributed by atoms with Crippen LogP contribution >= 0.6 is 23.5 Å². The van der Waals surface area contributed by atoms with Gasteiger partial charge < -0.3 is 9.47 Å². The van der Waals surface area contributed by atoms with Crippen molar-refractivity contribution in [2.45, 2.75) is 23.5 Å². The van der Waals surface area contributed by atoms with Crippen LogP contribution in [0.1, 0.15) is 34.3 Å². The van der Waals surface area contributed by atoms with E-state index in [4.69, 9.17) is 9.47 Å². The number of ether oxygens (including phenoxy) is 2. The Morgan fingerprint density at radius 3 is 2.50 bits per heavy atom. The number of Topliss-reactive ketones (excluding diaryl/α,β-unsaturated/α-hetero) is 1. The Morgan fingerprint density at radius 1 is 1.17 bits per heavy atom. The van der Waals surface area contributed by atoms with E-state index in [0.717, 1.165) is 17.7 Å². The first-order valence-corrected chi connectivity index (χ1v) is 11.6. The number of benzene rings is 2. The number of esters is 1. The van der Waals surface area contributed by atoms with Crippen LogP contribution in [-0.4, -0.2) is 35.8 Å². The lowest BCUT2D eigenvalue weighted by Gasteiger charge is -2.36. The fourth-order valence-corrected chi connectivity index (χ4v) is 5.23. The van der Waals surface area contributed by atoms with Gasteiger partial charge in [-0.25, -0.2) is 0 Å². The van der Waals surface area contributed by atoms with Gasteiger partial charge in [-0.3, -0.25) is 19.7 Å². The highest BCUT2D eigenvalue weighted by Crippen LogP contribution is 2.52. The van der Waals surface area contributed by atoms with E-state index in [0.29, 0.717) is 17.7 Å². The van der Waals surface area contributed by atoms with E-state index in [1.165, 1.54) is 24.3 Å². The van der Waals surface area contributed by atoms with E-state index in [2.05, 4.69) is 0 Å². The van der Waals surface area contributed by atoms with Crippen LogP contribution in [0.25, 0.3) is 0 Å². The normalized spacial score (nSPS) is 14.3. The van der Waals surface area contributed by atoms with Gasteiger partial charge in [0.15, 0.2) is 5.78 Å². The highest BCUT2D eigenvalue weighted by molar-refractivity contribution is 8.16. The van der Waals surface area contributed by atoms with Gasteiger partial charge in [0.1, 0.15) is 18.8 Å². The van der Waals surface area contributed by atoms with Crippen molar-refractivity contribution in [2.24, 2.45) is 0 Å². The number of nitrogens with zero attached hydrogens (tertiary/aromatic N) is 1. The summed E-state index contributed by atoms with van der Waals surface area (Å²) in [7, 11) is 0. The molecular weight excluding hydrogens is 426 g/mol. The minimum atomic E-state index is -0.645. The molecule has 0 amide bonds. The van der Waals surface area contributed by atoms with Crippen LogP contribution in [0, 0.1) is 10.1 Å². The Kier molecular flexibility index (Phi) is 7.04. The smallest absolute Gasteiger partial charge is 0.314 e. The van der Waals surface area contributed by atoms with Gasteiger partial charge in [0.05, 0.1) is 15.6 Å². The molecule has 1 aliphatic heterocycles. The lowest BCUT2D eigenvalue weighted by Crippen LogP contribution is -2.26. The molecule has 0 saturated heterocycles. The van der Waals surface area contributed by atoms with Crippen molar-refractivity contribution in [3.8, 4) is 5.75 Å². The van der Waals surface area contributed by atoms with Crippen molar-refractivity contribution in [2.75, 3.05) is 19.1 Å². The topological polar surface area (TPSA) is 95.7 Å². The molecule has 1 aliphatic rings. The summed E-state index contributed by atoms with van der Waals surface area (Å²) in [4.78, 5) is 34.9. The zero-order chi connectivity index (χ0) is 21.7. The molecule has 0 spiro atoms. The molecule has 0 bridgehead atoms. The van der Waals surface area contributed by atoms with Crippen LogP contribution in [0.5, 0.6) is 5.75 Å². The largest absolute Gasteiger partial charge is 0.493 e. The number of hydrogen-bond acceptors (Lipinski definition) is 8. The van der Waals surface area contributed by atoms with E-state index >= 15 is 0 Å². The van der Waals surface area contributed by atoms with E-state index < -0.39 is 10.9 Å². The van der Waals surface area contributed by atoms with Gasteiger partial charge in [0.25, 0.3) is 5.69 Å². The van der Waals surface area contributed by atoms with E-state index in [9.17, 15) is 19.7 Å². The van der Waals surface area contributed by atoms with Crippen molar-refractivity contribution in [3.05, 3.63) is 69.3 Å². The highest BCUT2D eigenvalue weighted by atomic mass is 32.2. The number of nitro benzene ring substituents is 1. The van der Waals surface area contributed by atoms with Crippen LogP contribution in [-0.2, 0) is 20.2 Å². The number of thioether (sulfide) groups is 2. The van der Waals surface area contributed by atoms with E-state index in [1.54, 1.807) is 35.7 Å². The molecule has 0 atom stereocenters. The van der Waals surface area contributed by atoms with Crippen molar-refractivity contribution >= 4 is 41.0 Å². The maximum atomic E-state index is 12.6. The van der Waals surface area contributed by atoms with Gasteiger partial charge in [0.2, 0.25) is 0 Å². The third-order valence-corrected chi connectivity index (χ3v) is 8.08. The Labute approximate surface area is 182 Å². The number of hydrogen-bond donors (Lipinski definition) is 0. The van der Waals surface area contributed by atoms with E-state index in [1.807, 2.05) is 18.6 Å². The summed E-state index contributed by atoms with van der Waals surface area (Å²) in [5, 5.41) is 10.7. The molecule has 2 aromatic rings. The molecule has 1 heterocycles. The van der Waals surface area contributed by atoms with E-state index in [-0.39, 0.29) is 28.6 Å². The minimum Gasteiger partial charge on any atom is -0.493 e. The molecule has 0 fully saturated rings. The van der Waals surface area contributed by atoms with Crippen LogP contribution in [0.2, 0.25) is 0 Å². The second kappa shape index (κ2) is 9.53. The van der Waals surface area contributed by atoms with Crippen molar-refractivity contribution < 1.29 is 24.0 Å². The van der Waals surface area contributed by atoms with Gasteiger partial charge >= 0.3 is 5.97 Å². The number of carbonyl (C=O) groups is 2. The second-order valence-electron chi connectivity index (χ2n) is 6.65. The molecular formula is C21H21NO6S2. The number of rotatable bonds is 8. The molecule has 3 rings (SSSR count). The second-order valence-corrected chi connectivity index (χ2v) is 9.12. The maximum absolute atomic E-state index is 12.6. The minimum absolute atomic E-state index is 0.0387. The molecule has 0 aromatic heterocycles. The predicted octanol–water partition coefficient (Wildman–Crippen LogP) is 4.57. The number of fused-ring (bicyclic) bond motifs is 1. The molecule has 0 saturated carbocycles. The summed E-state index contributed by atoms with van der Waals surface area (Å²) in [6.45, 7) is 0.571. The average molecular weight is 448 g/mol. The van der Waals surface area contributed by atoms with Crippen molar-refractivity contribution in [3.63, 3.8) is 0 Å². The monoisotopic (exact) mass is 447 g/mol. The van der Waals surface area contributed by atoms with Crippen molar-refractivity contribution in [1.29, 1.82) is 0 Å². The molecule has 0 N–H and O–H groups in total. The van der Waals surface area contributed by atoms with Gasteiger partial charge in [-0.2, -0.15) is 0 Å². The SMILES string of the molecule is CSC1(SC)CCOc2ccc(C(=O)CC(=O)OCc3ccc([N+](=O)[O-])cc3)cc21. The fourth-order valence-electron chi connectivity index (χ4n) is 3.23. The summed E-state index contributed by atoms with van der Waals surface area (Å²) < 4.78 is 10.7. The lowest BCUT2D eigenvalue weighted by atomic mass is 9.99. The van der Waals surface area contributed by atoms with Gasteiger partial charge in [-0.15, -0.1) is 23.5 Å². The zero-order valence-electron chi connectivity index (χ0n) is 16.6. The Morgan fingerprint density at radius 2 is 1.87 bits per heavy atom. The number of nitro groups is 1. The van der Waals surface area contributed by atoms with Gasteiger partial charge in [0, 0.05) is 29.7 Å². The molecule has 9 heteroatoms. The maximum Gasteiger partial charge on any atom is 0.314 e. The van der Waals surface area contributed by atoms with Crippen LogP contribution in [0.15, 0.2) is 42.5 Å². The fraction of sp³-hybridized carbons (Fsp3) is 0.333. The Hall–Kier alpha value is -2.52. The molecule has 158 valence electrons. The third kappa shape index (κ3) is 4.79. The van der Waals surface area contributed by atoms with Gasteiger partial charge in [-0.05, 0) is 48.4 Å². The molecule has 7 nitrogen and oxygen atoms in total. The Bertz CT molecular complexity index is 956. The number of ketones is 1. The Balaban J connectivity index is 1.64. The first-order valence-electron chi connectivity index (χ1n) is 9.18. The summed E-state index contributed by atoms with van der Waals surface area (Å²) in [5.41, 5.74) is 1.97.